The predicted molar refractivity (Wildman–Crippen MR) is 106 cm³/mol. The highest BCUT2D eigenvalue weighted by Crippen LogP contribution is 2.38. The molecule has 1 N–H and O–H groups in total. The molecule has 0 saturated carbocycles. The molecule has 1 fully saturated rings. The van der Waals surface area contributed by atoms with E-state index in [4.69, 9.17) is 9.47 Å². The van der Waals surface area contributed by atoms with Gasteiger partial charge in [0.05, 0.1) is 14.2 Å². The van der Waals surface area contributed by atoms with Gasteiger partial charge in [-0.1, -0.05) is 43.3 Å². The van der Waals surface area contributed by atoms with Crippen molar-refractivity contribution in [1.29, 1.82) is 0 Å². The van der Waals surface area contributed by atoms with E-state index < -0.39 is 29.5 Å². The summed E-state index contributed by atoms with van der Waals surface area (Å²) in [5.74, 6) is -0.489. The van der Waals surface area contributed by atoms with Gasteiger partial charge in [-0.2, -0.15) is 0 Å². The van der Waals surface area contributed by atoms with Crippen LogP contribution in [0.5, 0.6) is 5.75 Å². The van der Waals surface area contributed by atoms with E-state index in [-0.39, 0.29) is 0 Å². The van der Waals surface area contributed by atoms with Gasteiger partial charge in [0.15, 0.2) is 6.04 Å². The number of urea groups is 1. The molecule has 152 valence electrons. The van der Waals surface area contributed by atoms with Gasteiger partial charge in [0, 0.05) is 0 Å². The second-order valence-electron chi connectivity index (χ2n) is 6.88. The first-order chi connectivity index (χ1) is 13.9. The highest BCUT2D eigenvalue weighted by molar-refractivity contribution is 6.10. The number of amides is 3. The van der Waals surface area contributed by atoms with Gasteiger partial charge in [-0.25, -0.2) is 14.5 Å². The number of esters is 1. The van der Waals surface area contributed by atoms with Crippen LogP contribution in [0.25, 0.3) is 0 Å². The average molecular weight is 396 g/mol. The molecule has 3 rings (SSSR count). The largest absolute Gasteiger partial charge is 0.496 e. The van der Waals surface area contributed by atoms with E-state index in [9.17, 15) is 14.4 Å². The minimum absolute atomic E-state index is 0.322. The summed E-state index contributed by atoms with van der Waals surface area (Å²) in [4.78, 5) is 40.0. The second-order valence-corrected chi connectivity index (χ2v) is 6.88. The van der Waals surface area contributed by atoms with Crippen LogP contribution in [-0.2, 0) is 19.9 Å². The number of carbonyl (C=O) groups is 3. The molecular weight excluding hydrogens is 372 g/mol. The van der Waals surface area contributed by atoms with Crippen LogP contribution in [0.15, 0.2) is 48.5 Å². The molecule has 7 nitrogen and oxygen atoms in total. The number of nitrogens with one attached hydrogen (secondary N) is 1. The molecule has 7 heteroatoms. The Morgan fingerprint density at radius 2 is 1.83 bits per heavy atom. The van der Waals surface area contributed by atoms with Crippen molar-refractivity contribution in [3.63, 3.8) is 0 Å². The van der Waals surface area contributed by atoms with Crippen LogP contribution < -0.4 is 10.1 Å². The molecule has 3 amide bonds. The lowest BCUT2D eigenvalue weighted by Gasteiger charge is -2.28. The first kappa shape index (κ1) is 20.4. The van der Waals surface area contributed by atoms with Gasteiger partial charge < -0.3 is 14.8 Å². The number of hydrogen-bond acceptors (Lipinski definition) is 5. The monoisotopic (exact) mass is 396 g/mol. The van der Waals surface area contributed by atoms with Crippen LogP contribution in [0.4, 0.5) is 4.79 Å². The first-order valence-corrected chi connectivity index (χ1v) is 9.33. The van der Waals surface area contributed by atoms with Gasteiger partial charge in [-0.3, -0.25) is 4.79 Å². The number of nitrogens with zero attached hydrogens (tertiary/aromatic N) is 1. The number of imide groups is 1. The van der Waals surface area contributed by atoms with E-state index in [1.807, 2.05) is 19.9 Å². The quantitative estimate of drug-likeness (QED) is 0.599. The number of methoxy groups -OCH3 is 2. The third-order valence-electron chi connectivity index (χ3n) is 5.34. The van der Waals surface area contributed by atoms with Crippen molar-refractivity contribution < 1.29 is 23.9 Å². The fourth-order valence-electron chi connectivity index (χ4n) is 3.75. The molecule has 0 bridgehead atoms. The molecule has 29 heavy (non-hydrogen) atoms. The van der Waals surface area contributed by atoms with Gasteiger partial charge in [0.1, 0.15) is 11.3 Å². The third-order valence-corrected chi connectivity index (χ3v) is 5.34. The lowest BCUT2D eigenvalue weighted by Crippen LogP contribution is -2.44. The molecule has 1 aliphatic rings. The van der Waals surface area contributed by atoms with Crippen molar-refractivity contribution in [3.8, 4) is 5.75 Å². The molecule has 2 aromatic rings. The fourth-order valence-corrected chi connectivity index (χ4v) is 3.75. The number of aryl methyl sites for hydroxylation is 1. The van der Waals surface area contributed by atoms with Crippen LogP contribution in [0.1, 0.15) is 36.1 Å². The van der Waals surface area contributed by atoms with Gasteiger partial charge in [0.25, 0.3) is 5.91 Å². The Kier molecular flexibility index (Phi) is 5.59. The van der Waals surface area contributed by atoms with Gasteiger partial charge in [-0.05, 0) is 42.2 Å². The zero-order valence-corrected chi connectivity index (χ0v) is 16.9. The molecule has 1 aliphatic heterocycles. The van der Waals surface area contributed by atoms with Crippen molar-refractivity contribution in [1.82, 2.24) is 10.2 Å². The van der Waals surface area contributed by atoms with Crippen molar-refractivity contribution in [2.45, 2.75) is 31.8 Å². The molecular formula is C22H24N2O5. The van der Waals surface area contributed by atoms with Crippen molar-refractivity contribution in [2.24, 2.45) is 0 Å². The Morgan fingerprint density at radius 1 is 1.14 bits per heavy atom. The van der Waals surface area contributed by atoms with Crippen molar-refractivity contribution >= 4 is 17.9 Å². The van der Waals surface area contributed by atoms with E-state index in [0.717, 1.165) is 10.5 Å². The minimum Gasteiger partial charge on any atom is -0.496 e. The van der Waals surface area contributed by atoms with Crippen LogP contribution >= 0.6 is 0 Å². The summed E-state index contributed by atoms with van der Waals surface area (Å²) in [5, 5.41) is 2.82. The van der Waals surface area contributed by atoms with E-state index >= 15 is 0 Å². The Morgan fingerprint density at radius 3 is 2.38 bits per heavy atom. The summed E-state index contributed by atoms with van der Waals surface area (Å²) in [6.45, 7) is 3.68. The minimum atomic E-state index is -1.27. The Bertz CT molecular complexity index is 943. The lowest BCUT2D eigenvalue weighted by atomic mass is 9.86. The topological polar surface area (TPSA) is 84.9 Å². The second kappa shape index (κ2) is 7.95. The molecule has 0 spiro atoms. The number of carbonyl (C=O) groups excluding carboxylic acids is 3. The molecule has 2 aromatic carbocycles. The summed E-state index contributed by atoms with van der Waals surface area (Å²) >= 11 is 0. The van der Waals surface area contributed by atoms with E-state index in [0.29, 0.717) is 23.3 Å². The normalized spacial score (nSPS) is 19.7. The average Bonchev–Trinajstić information content (AvgIpc) is 3.00. The highest BCUT2D eigenvalue weighted by atomic mass is 16.5. The maximum Gasteiger partial charge on any atom is 0.333 e. The fraction of sp³-hybridized carbons (Fsp3) is 0.318. The molecule has 2 unspecified atom stereocenters. The maximum atomic E-state index is 13.6. The third kappa shape index (κ3) is 3.33. The summed E-state index contributed by atoms with van der Waals surface area (Å²) in [5.41, 5.74) is 0.706. The smallest absolute Gasteiger partial charge is 0.333 e. The number of benzene rings is 2. The van der Waals surface area contributed by atoms with Crippen LogP contribution in [0.2, 0.25) is 0 Å². The zero-order chi connectivity index (χ0) is 21.2. The molecule has 2 atom stereocenters. The molecule has 0 aromatic heterocycles. The summed E-state index contributed by atoms with van der Waals surface area (Å²) < 4.78 is 10.2. The van der Waals surface area contributed by atoms with Gasteiger partial charge >= 0.3 is 12.0 Å². The Balaban J connectivity index is 2.09. The first-order valence-electron chi connectivity index (χ1n) is 9.33. The van der Waals surface area contributed by atoms with Gasteiger partial charge in [0.2, 0.25) is 0 Å². The van der Waals surface area contributed by atoms with Crippen LogP contribution in [0, 0.1) is 6.92 Å². The Hall–Kier alpha value is -3.35. The molecule has 0 radical (unpaired) electrons. The SMILES string of the molecule is CCC1(c2ccc(OC)c(C)c2)NC(=O)N(C(C(=O)OC)c2ccccc2)C1=O. The summed E-state index contributed by atoms with van der Waals surface area (Å²) in [7, 11) is 2.80. The molecule has 1 heterocycles. The van der Waals surface area contributed by atoms with E-state index in [2.05, 4.69) is 5.32 Å². The lowest BCUT2D eigenvalue weighted by molar-refractivity contribution is -0.151. The van der Waals surface area contributed by atoms with Crippen molar-refractivity contribution in [3.05, 3.63) is 65.2 Å². The summed E-state index contributed by atoms with van der Waals surface area (Å²) in [6, 6.07) is 12.2. The number of rotatable bonds is 6. The maximum absolute atomic E-state index is 13.6. The predicted octanol–water partition coefficient (Wildman–Crippen LogP) is 3.08. The van der Waals surface area contributed by atoms with E-state index in [1.54, 1.807) is 49.6 Å². The number of ether oxygens (including phenoxy) is 2. The van der Waals surface area contributed by atoms with Gasteiger partial charge in [-0.15, -0.1) is 0 Å². The molecule has 1 saturated heterocycles. The standard InChI is InChI=1S/C22H24N2O5/c1-5-22(16-11-12-17(28-3)14(2)13-16)20(26)24(21(27)23-22)18(19(25)29-4)15-9-7-6-8-10-15/h6-13,18H,5H2,1-4H3,(H,23,27). The zero-order valence-electron chi connectivity index (χ0n) is 16.9. The van der Waals surface area contributed by atoms with Crippen LogP contribution in [0.3, 0.4) is 0 Å². The van der Waals surface area contributed by atoms with Crippen molar-refractivity contribution in [2.75, 3.05) is 14.2 Å². The Labute approximate surface area is 169 Å². The molecule has 0 aliphatic carbocycles. The summed E-state index contributed by atoms with van der Waals surface area (Å²) in [6.07, 6.45) is 0.322. The van der Waals surface area contributed by atoms with E-state index in [1.165, 1.54) is 7.11 Å². The number of hydrogen-bond donors (Lipinski definition) is 1. The van der Waals surface area contributed by atoms with Crippen LogP contribution in [-0.4, -0.2) is 37.0 Å². The highest BCUT2D eigenvalue weighted by Gasteiger charge is 2.55.